The molecule has 96 valence electrons. The maximum Gasteiger partial charge on any atom is 0.127 e. The lowest BCUT2D eigenvalue weighted by atomic mass is 9.95. The van der Waals surface area contributed by atoms with Crippen LogP contribution in [-0.2, 0) is 6.54 Å². The SMILES string of the molecule is COc1cc(C)cc(C)c1-c1c(CN)n[nH]c1C. The van der Waals surface area contributed by atoms with Gasteiger partial charge in [-0.3, -0.25) is 5.10 Å². The molecule has 0 bridgehead atoms. The van der Waals surface area contributed by atoms with Gasteiger partial charge in [0.15, 0.2) is 0 Å². The van der Waals surface area contributed by atoms with Crippen LogP contribution in [0.4, 0.5) is 0 Å². The van der Waals surface area contributed by atoms with Crippen molar-refractivity contribution in [2.75, 3.05) is 7.11 Å². The van der Waals surface area contributed by atoms with E-state index in [0.717, 1.165) is 28.3 Å². The zero-order chi connectivity index (χ0) is 13.3. The molecule has 1 heterocycles. The maximum atomic E-state index is 5.75. The summed E-state index contributed by atoms with van der Waals surface area (Å²) >= 11 is 0. The minimum atomic E-state index is 0.413. The molecule has 4 heteroatoms. The van der Waals surface area contributed by atoms with Crippen LogP contribution in [0.1, 0.15) is 22.5 Å². The fraction of sp³-hybridized carbons (Fsp3) is 0.357. The van der Waals surface area contributed by atoms with Gasteiger partial charge in [0.25, 0.3) is 0 Å². The van der Waals surface area contributed by atoms with E-state index >= 15 is 0 Å². The van der Waals surface area contributed by atoms with Gasteiger partial charge >= 0.3 is 0 Å². The third kappa shape index (κ3) is 1.99. The summed E-state index contributed by atoms with van der Waals surface area (Å²) in [5.41, 5.74) is 12.1. The van der Waals surface area contributed by atoms with Crippen molar-refractivity contribution in [3.05, 3.63) is 34.6 Å². The molecule has 0 aliphatic rings. The number of aromatic nitrogens is 2. The fourth-order valence-corrected chi connectivity index (χ4v) is 2.37. The van der Waals surface area contributed by atoms with Crippen molar-refractivity contribution in [3.8, 4) is 16.9 Å². The first-order valence-electron chi connectivity index (χ1n) is 5.98. The smallest absolute Gasteiger partial charge is 0.127 e. The molecule has 0 aliphatic carbocycles. The van der Waals surface area contributed by atoms with Gasteiger partial charge in [-0.2, -0.15) is 5.10 Å². The number of hydrogen-bond donors (Lipinski definition) is 2. The number of nitrogens with one attached hydrogen (secondary N) is 1. The molecule has 0 unspecified atom stereocenters. The Labute approximate surface area is 107 Å². The van der Waals surface area contributed by atoms with Crippen LogP contribution < -0.4 is 10.5 Å². The predicted molar refractivity (Wildman–Crippen MR) is 72.7 cm³/mol. The minimum absolute atomic E-state index is 0.413. The number of benzene rings is 1. The van der Waals surface area contributed by atoms with Gasteiger partial charge in [0.1, 0.15) is 5.75 Å². The Morgan fingerprint density at radius 3 is 2.56 bits per heavy atom. The highest BCUT2D eigenvalue weighted by Crippen LogP contribution is 2.37. The number of H-pyrrole nitrogens is 1. The zero-order valence-electron chi connectivity index (χ0n) is 11.3. The first kappa shape index (κ1) is 12.6. The van der Waals surface area contributed by atoms with Crippen molar-refractivity contribution in [1.82, 2.24) is 10.2 Å². The Morgan fingerprint density at radius 1 is 1.22 bits per heavy atom. The van der Waals surface area contributed by atoms with Crippen LogP contribution in [0.2, 0.25) is 0 Å². The van der Waals surface area contributed by atoms with Crippen LogP contribution in [0.25, 0.3) is 11.1 Å². The van der Waals surface area contributed by atoms with Crippen molar-refractivity contribution < 1.29 is 4.74 Å². The highest BCUT2D eigenvalue weighted by molar-refractivity contribution is 5.78. The van der Waals surface area contributed by atoms with Gasteiger partial charge in [-0.25, -0.2) is 0 Å². The van der Waals surface area contributed by atoms with Crippen LogP contribution in [0.15, 0.2) is 12.1 Å². The summed E-state index contributed by atoms with van der Waals surface area (Å²) in [7, 11) is 1.69. The third-order valence-electron chi connectivity index (χ3n) is 3.13. The lowest BCUT2D eigenvalue weighted by Crippen LogP contribution is -2.01. The second-order valence-corrected chi connectivity index (χ2v) is 4.53. The summed E-state index contributed by atoms with van der Waals surface area (Å²) in [4.78, 5) is 0. The molecule has 0 fully saturated rings. The summed E-state index contributed by atoms with van der Waals surface area (Å²) in [6.07, 6.45) is 0. The number of nitrogens with zero attached hydrogens (tertiary/aromatic N) is 1. The average Bonchev–Trinajstić information content (AvgIpc) is 2.69. The number of ether oxygens (including phenoxy) is 1. The fourth-order valence-electron chi connectivity index (χ4n) is 2.37. The van der Waals surface area contributed by atoms with Crippen molar-refractivity contribution in [2.24, 2.45) is 5.73 Å². The average molecular weight is 245 g/mol. The number of aryl methyl sites for hydroxylation is 3. The molecular weight excluding hydrogens is 226 g/mol. The van der Waals surface area contributed by atoms with Crippen molar-refractivity contribution >= 4 is 0 Å². The summed E-state index contributed by atoms with van der Waals surface area (Å²) in [5.74, 6) is 0.867. The second-order valence-electron chi connectivity index (χ2n) is 4.53. The molecule has 0 saturated carbocycles. The molecule has 0 amide bonds. The Morgan fingerprint density at radius 2 is 1.94 bits per heavy atom. The monoisotopic (exact) mass is 245 g/mol. The molecule has 0 saturated heterocycles. The molecule has 1 aromatic carbocycles. The normalized spacial score (nSPS) is 10.7. The van der Waals surface area contributed by atoms with Crippen LogP contribution in [0.3, 0.4) is 0 Å². The van der Waals surface area contributed by atoms with E-state index in [1.807, 2.05) is 13.0 Å². The highest BCUT2D eigenvalue weighted by Gasteiger charge is 2.18. The number of hydrogen-bond acceptors (Lipinski definition) is 3. The topological polar surface area (TPSA) is 63.9 Å². The molecule has 0 atom stereocenters. The molecule has 0 aliphatic heterocycles. The van der Waals surface area contributed by atoms with Crippen LogP contribution in [0.5, 0.6) is 5.75 Å². The van der Waals surface area contributed by atoms with E-state index < -0.39 is 0 Å². The van der Waals surface area contributed by atoms with Gasteiger partial charge in [-0.1, -0.05) is 6.07 Å². The molecular formula is C14H19N3O. The van der Waals surface area contributed by atoms with E-state index in [4.69, 9.17) is 10.5 Å². The maximum absolute atomic E-state index is 5.75. The number of methoxy groups -OCH3 is 1. The Kier molecular flexibility index (Phi) is 3.39. The molecule has 2 aromatic rings. The van der Waals surface area contributed by atoms with E-state index in [1.54, 1.807) is 7.11 Å². The van der Waals surface area contributed by atoms with Gasteiger partial charge in [0, 0.05) is 23.4 Å². The zero-order valence-corrected chi connectivity index (χ0v) is 11.3. The predicted octanol–water partition coefficient (Wildman–Crippen LogP) is 2.47. The van der Waals surface area contributed by atoms with E-state index in [9.17, 15) is 0 Å². The Balaban J connectivity index is 2.73. The van der Waals surface area contributed by atoms with Crippen LogP contribution in [0, 0.1) is 20.8 Å². The van der Waals surface area contributed by atoms with Gasteiger partial charge in [-0.15, -0.1) is 0 Å². The molecule has 0 radical (unpaired) electrons. The van der Waals surface area contributed by atoms with Crippen molar-refractivity contribution in [2.45, 2.75) is 27.3 Å². The standard InChI is InChI=1S/C14H19N3O/c1-8-5-9(2)13(12(6-8)18-4)14-10(3)16-17-11(14)7-15/h5-6H,7,15H2,1-4H3,(H,16,17). The molecule has 1 aromatic heterocycles. The Bertz CT molecular complexity index is 573. The van der Waals surface area contributed by atoms with E-state index in [-0.39, 0.29) is 0 Å². The summed E-state index contributed by atoms with van der Waals surface area (Å²) in [6.45, 7) is 6.55. The molecule has 4 nitrogen and oxygen atoms in total. The molecule has 3 N–H and O–H groups in total. The number of rotatable bonds is 3. The van der Waals surface area contributed by atoms with E-state index in [1.165, 1.54) is 11.1 Å². The first-order valence-corrected chi connectivity index (χ1v) is 5.98. The first-order chi connectivity index (χ1) is 8.58. The van der Waals surface area contributed by atoms with E-state index in [0.29, 0.717) is 6.54 Å². The molecule has 18 heavy (non-hydrogen) atoms. The Hall–Kier alpha value is -1.81. The summed E-state index contributed by atoms with van der Waals surface area (Å²) < 4.78 is 5.50. The third-order valence-corrected chi connectivity index (χ3v) is 3.13. The molecule has 2 rings (SSSR count). The lowest BCUT2D eigenvalue weighted by Gasteiger charge is -2.13. The summed E-state index contributed by atoms with van der Waals surface area (Å²) in [5, 5.41) is 7.24. The lowest BCUT2D eigenvalue weighted by molar-refractivity contribution is 0.416. The van der Waals surface area contributed by atoms with Gasteiger partial charge in [0.05, 0.1) is 12.8 Å². The minimum Gasteiger partial charge on any atom is -0.496 e. The van der Waals surface area contributed by atoms with Crippen LogP contribution in [-0.4, -0.2) is 17.3 Å². The van der Waals surface area contributed by atoms with Crippen LogP contribution >= 0.6 is 0 Å². The van der Waals surface area contributed by atoms with Crippen molar-refractivity contribution in [1.29, 1.82) is 0 Å². The van der Waals surface area contributed by atoms with Gasteiger partial charge in [-0.05, 0) is 38.0 Å². The number of aromatic amines is 1. The second kappa shape index (κ2) is 4.82. The van der Waals surface area contributed by atoms with Crippen molar-refractivity contribution in [3.63, 3.8) is 0 Å². The van der Waals surface area contributed by atoms with E-state index in [2.05, 4.69) is 30.1 Å². The highest BCUT2D eigenvalue weighted by atomic mass is 16.5. The quantitative estimate of drug-likeness (QED) is 0.873. The van der Waals surface area contributed by atoms with Gasteiger partial charge in [0.2, 0.25) is 0 Å². The van der Waals surface area contributed by atoms with Gasteiger partial charge < -0.3 is 10.5 Å². The number of nitrogens with two attached hydrogens (primary N) is 1. The molecule has 0 spiro atoms. The summed E-state index contributed by atoms with van der Waals surface area (Å²) in [6, 6.07) is 4.18. The largest absolute Gasteiger partial charge is 0.496 e.